The third-order valence-corrected chi connectivity index (χ3v) is 5.24. The zero-order valence-corrected chi connectivity index (χ0v) is 13.7. The molecule has 1 heterocycles. The third-order valence-electron chi connectivity index (χ3n) is 5.24. The number of nitrogens with zero attached hydrogens (tertiary/aromatic N) is 1. The van der Waals surface area contributed by atoms with Crippen molar-refractivity contribution in [1.29, 1.82) is 0 Å². The summed E-state index contributed by atoms with van der Waals surface area (Å²) in [6, 6.07) is 5.44. The smallest absolute Gasteiger partial charge is 0.387 e. The molecule has 0 spiro atoms. The highest BCUT2D eigenvalue weighted by molar-refractivity contribution is 5.85. The van der Waals surface area contributed by atoms with Crippen LogP contribution in [0.5, 0.6) is 5.75 Å². The summed E-state index contributed by atoms with van der Waals surface area (Å²) in [7, 11) is 0. The number of aliphatic carboxylic acids is 1. The second-order valence-electron chi connectivity index (χ2n) is 6.71. The van der Waals surface area contributed by atoms with Crippen LogP contribution < -0.4 is 4.74 Å². The lowest BCUT2D eigenvalue weighted by Gasteiger charge is -2.24. The number of aryl methyl sites for hydroxylation is 1. The van der Waals surface area contributed by atoms with E-state index < -0.39 is 18.6 Å². The molecule has 0 bridgehead atoms. The zero-order chi connectivity index (χ0) is 18.0. The van der Waals surface area contributed by atoms with Gasteiger partial charge in [-0.25, -0.2) is 4.79 Å². The largest absolute Gasteiger partial charge is 0.480 e. The van der Waals surface area contributed by atoms with E-state index in [1.165, 1.54) is 17.0 Å². The molecule has 1 aromatic rings. The fourth-order valence-corrected chi connectivity index (χ4v) is 4.11. The minimum absolute atomic E-state index is 0.0726. The van der Waals surface area contributed by atoms with Gasteiger partial charge < -0.3 is 14.7 Å². The Hall–Kier alpha value is -2.18. The van der Waals surface area contributed by atoms with Crippen LogP contribution >= 0.6 is 0 Å². The Morgan fingerprint density at radius 3 is 2.60 bits per heavy atom. The predicted molar refractivity (Wildman–Crippen MR) is 85.4 cm³/mol. The number of rotatable bonds is 6. The van der Waals surface area contributed by atoms with Crippen LogP contribution in [0.4, 0.5) is 8.78 Å². The lowest BCUT2D eigenvalue weighted by atomic mass is 9.94. The number of fused-ring (bicyclic) bond motifs is 1. The lowest BCUT2D eigenvalue weighted by molar-refractivity contribution is -0.149. The van der Waals surface area contributed by atoms with Crippen LogP contribution in [0.2, 0.25) is 0 Å². The highest BCUT2D eigenvalue weighted by Gasteiger charge is 2.49. The van der Waals surface area contributed by atoms with Gasteiger partial charge in [0.25, 0.3) is 0 Å². The number of hydrogen-bond donors (Lipinski definition) is 1. The van der Waals surface area contributed by atoms with Crippen LogP contribution in [0.25, 0.3) is 0 Å². The normalized spacial score (nSPS) is 25.2. The molecule has 3 unspecified atom stereocenters. The Morgan fingerprint density at radius 1 is 1.24 bits per heavy atom. The monoisotopic (exact) mass is 353 g/mol. The first-order valence-corrected chi connectivity index (χ1v) is 8.51. The van der Waals surface area contributed by atoms with Crippen molar-refractivity contribution in [3.05, 3.63) is 29.8 Å². The van der Waals surface area contributed by atoms with E-state index in [0.29, 0.717) is 18.9 Å². The van der Waals surface area contributed by atoms with Gasteiger partial charge in [-0.05, 0) is 48.8 Å². The molecule has 1 amide bonds. The van der Waals surface area contributed by atoms with Gasteiger partial charge >= 0.3 is 12.6 Å². The Balaban J connectivity index is 1.58. The van der Waals surface area contributed by atoms with Gasteiger partial charge in [-0.15, -0.1) is 0 Å². The molecule has 3 rings (SSSR count). The van der Waals surface area contributed by atoms with Crippen LogP contribution in [0.1, 0.15) is 31.2 Å². The standard InChI is InChI=1S/C18H21F2NO4/c19-18(20)25-13-7-4-11(5-8-13)6-9-15(22)21-10-12-2-1-3-14(12)16(21)17(23)24/h4-5,7-8,12,14,16,18H,1-3,6,9-10H2,(H,23,24). The molecule has 1 saturated heterocycles. The van der Waals surface area contributed by atoms with Crippen molar-refractivity contribution in [1.82, 2.24) is 4.90 Å². The van der Waals surface area contributed by atoms with Crippen LogP contribution in [-0.4, -0.2) is 41.1 Å². The highest BCUT2D eigenvalue weighted by atomic mass is 19.3. The number of carbonyl (C=O) groups excluding carboxylic acids is 1. The van der Waals surface area contributed by atoms with Crippen molar-refractivity contribution in [3.8, 4) is 5.75 Å². The summed E-state index contributed by atoms with van der Waals surface area (Å²) < 4.78 is 28.5. The van der Waals surface area contributed by atoms with Crippen molar-refractivity contribution in [2.75, 3.05) is 6.54 Å². The summed E-state index contributed by atoms with van der Waals surface area (Å²) in [4.78, 5) is 25.6. The molecule has 2 fully saturated rings. The molecule has 1 aliphatic carbocycles. The molecular weight excluding hydrogens is 332 g/mol. The number of alkyl halides is 2. The second-order valence-corrected chi connectivity index (χ2v) is 6.71. The number of amides is 1. The van der Waals surface area contributed by atoms with Crippen LogP contribution in [0.15, 0.2) is 24.3 Å². The van der Waals surface area contributed by atoms with Gasteiger partial charge in [-0.1, -0.05) is 18.6 Å². The first-order valence-electron chi connectivity index (χ1n) is 8.51. The Kier molecular flexibility index (Phi) is 5.20. The number of carbonyl (C=O) groups is 2. The van der Waals surface area contributed by atoms with Crippen molar-refractivity contribution in [2.45, 2.75) is 44.8 Å². The van der Waals surface area contributed by atoms with Crippen molar-refractivity contribution >= 4 is 11.9 Å². The third kappa shape index (κ3) is 3.91. The second kappa shape index (κ2) is 7.37. The fraction of sp³-hybridized carbons (Fsp3) is 0.556. The molecule has 136 valence electrons. The summed E-state index contributed by atoms with van der Waals surface area (Å²) in [6.07, 6.45) is 3.54. The minimum Gasteiger partial charge on any atom is -0.480 e. The molecule has 25 heavy (non-hydrogen) atoms. The molecule has 0 aromatic heterocycles. The van der Waals surface area contributed by atoms with Gasteiger partial charge in [0.1, 0.15) is 11.8 Å². The number of halogens is 2. The number of benzene rings is 1. The van der Waals surface area contributed by atoms with E-state index in [4.69, 9.17) is 0 Å². The van der Waals surface area contributed by atoms with Gasteiger partial charge in [-0.3, -0.25) is 4.79 Å². The van der Waals surface area contributed by atoms with E-state index in [1.807, 2.05) is 0 Å². The maximum absolute atomic E-state index is 12.5. The molecule has 1 aromatic carbocycles. The van der Waals surface area contributed by atoms with Gasteiger partial charge in [0, 0.05) is 13.0 Å². The quantitative estimate of drug-likeness (QED) is 0.854. The number of carboxylic acids is 1. The fourth-order valence-electron chi connectivity index (χ4n) is 4.11. The Morgan fingerprint density at radius 2 is 1.96 bits per heavy atom. The van der Waals surface area contributed by atoms with E-state index in [-0.39, 0.29) is 24.0 Å². The molecule has 1 N–H and O–H groups in total. The topological polar surface area (TPSA) is 66.8 Å². The molecule has 0 radical (unpaired) electrons. The van der Waals surface area contributed by atoms with E-state index in [2.05, 4.69) is 4.74 Å². The number of likely N-dealkylation sites (tertiary alicyclic amines) is 1. The van der Waals surface area contributed by atoms with Gasteiger partial charge in [0.2, 0.25) is 5.91 Å². The summed E-state index contributed by atoms with van der Waals surface area (Å²) in [5, 5.41) is 9.50. The van der Waals surface area contributed by atoms with E-state index in [1.54, 1.807) is 12.1 Å². The molecule has 3 atom stereocenters. The predicted octanol–water partition coefficient (Wildman–Crippen LogP) is 2.93. The summed E-state index contributed by atoms with van der Waals surface area (Å²) in [6.45, 7) is -2.34. The first kappa shape index (κ1) is 17.6. The molecule has 2 aliphatic rings. The Labute approximate surface area is 144 Å². The molecule has 1 saturated carbocycles. The maximum Gasteiger partial charge on any atom is 0.387 e. The van der Waals surface area contributed by atoms with E-state index in [0.717, 1.165) is 24.8 Å². The average Bonchev–Trinajstić information content (AvgIpc) is 3.13. The van der Waals surface area contributed by atoms with Crippen molar-refractivity contribution in [2.24, 2.45) is 11.8 Å². The van der Waals surface area contributed by atoms with Gasteiger partial charge in [-0.2, -0.15) is 8.78 Å². The highest BCUT2D eigenvalue weighted by Crippen LogP contribution is 2.42. The summed E-state index contributed by atoms with van der Waals surface area (Å²) >= 11 is 0. The molecule has 7 heteroatoms. The first-order chi connectivity index (χ1) is 12.0. The van der Waals surface area contributed by atoms with Crippen LogP contribution in [-0.2, 0) is 16.0 Å². The van der Waals surface area contributed by atoms with Crippen LogP contribution in [0, 0.1) is 11.8 Å². The number of hydrogen-bond acceptors (Lipinski definition) is 3. The zero-order valence-electron chi connectivity index (χ0n) is 13.7. The lowest BCUT2D eigenvalue weighted by Crippen LogP contribution is -2.43. The van der Waals surface area contributed by atoms with Crippen molar-refractivity contribution < 1.29 is 28.2 Å². The van der Waals surface area contributed by atoms with Gasteiger partial charge in [0.15, 0.2) is 0 Å². The van der Waals surface area contributed by atoms with Gasteiger partial charge in [0.05, 0.1) is 0 Å². The minimum atomic E-state index is -2.87. The van der Waals surface area contributed by atoms with Crippen LogP contribution in [0.3, 0.4) is 0 Å². The molecule has 1 aliphatic heterocycles. The van der Waals surface area contributed by atoms with E-state index >= 15 is 0 Å². The summed E-state index contributed by atoms with van der Waals surface area (Å²) in [5.41, 5.74) is 0.821. The average molecular weight is 353 g/mol. The molecule has 5 nitrogen and oxygen atoms in total. The van der Waals surface area contributed by atoms with E-state index in [9.17, 15) is 23.5 Å². The SMILES string of the molecule is O=C(O)C1C2CCCC2CN1C(=O)CCc1ccc(OC(F)F)cc1. The summed E-state index contributed by atoms with van der Waals surface area (Å²) in [5.74, 6) is -0.627. The number of carboxylic acid groups (broad SMARTS) is 1. The maximum atomic E-state index is 12.5. The molecular formula is C18H21F2NO4. The Bertz CT molecular complexity index is 634. The number of ether oxygens (including phenoxy) is 1. The van der Waals surface area contributed by atoms with Crippen molar-refractivity contribution in [3.63, 3.8) is 0 Å².